The van der Waals surface area contributed by atoms with Crippen molar-refractivity contribution in [2.45, 2.75) is 52.1 Å². The third-order valence-corrected chi connectivity index (χ3v) is 3.45. The Labute approximate surface area is 115 Å². The number of nitrogens with one attached hydrogen (secondary N) is 1. The van der Waals surface area contributed by atoms with Crippen molar-refractivity contribution in [2.24, 2.45) is 0 Å². The molecule has 0 bridgehead atoms. The Balaban J connectivity index is 2.04. The van der Waals surface area contributed by atoms with Crippen molar-refractivity contribution in [1.82, 2.24) is 15.1 Å². The molecule has 1 aromatic heterocycles. The molecule has 0 unspecified atom stereocenters. The molecule has 1 heterocycles. The van der Waals surface area contributed by atoms with Crippen molar-refractivity contribution in [1.29, 1.82) is 0 Å². The molecule has 1 saturated carbocycles. The zero-order valence-electron chi connectivity index (χ0n) is 12.4. The third-order valence-electron chi connectivity index (χ3n) is 3.45. The molecule has 1 aliphatic carbocycles. The molecular formula is C15H25N3O. The molecule has 0 radical (unpaired) electrons. The molecule has 1 aliphatic rings. The fourth-order valence-electron chi connectivity index (χ4n) is 2.22. The summed E-state index contributed by atoms with van der Waals surface area (Å²) in [6, 6.07) is 1.12. The van der Waals surface area contributed by atoms with Crippen molar-refractivity contribution in [2.75, 3.05) is 13.7 Å². The van der Waals surface area contributed by atoms with Gasteiger partial charge in [0.15, 0.2) is 5.75 Å². The number of aromatic nitrogens is 2. The number of allylic oxidation sites excluding steroid dienone is 1. The zero-order chi connectivity index (χ0) is 13.8. The van der Waals surface area contributed by atoms with Crippen LogP contribution in [0.5, 0.6) is 5.75 Å². The molecule has 4 nitrogen and oxygen atoms in total. The van der Waals surface area contributed by atoms with Gasteiger partial charge >= 0.3 is 0 Å². The third kappa shape index (κ3) is 3.60. The van der Waals surface area contributed by atoms with E-state index in [0.29, 0.717) is 6.04 Å². The monoisotopic (exact) mass is 263 g/mol. The normalized spacial score (nSPS) is 16.2. The quantitative estimate of drug-likeness (QED) is 0.769. The van der Waals surface area contributed by atoms with Gasteiger partial charge in [-0.3, -0.25) is 4.68 Å². The molecule has 0 aliphatic heterocycles. The molecule has 4 heteroatoms. The van der Waals surface area contributed by atoms with Gasteiger partial charge in [-0.25, -0.2) is 0 Å². The van der Waals surface area contributed by atoms with Gasteiger partial charge in [0.1, 0.15) is 5.69 Å². The van der Waals surface area contributed by atoms with E-state index in [9.17, 15) is 0 Å². The average molecular weight is 263 g/mol. The van der Waals surface area contributed by atoms with Crippen LogP contribution < -0.4 is 10.1 Å². The van der Waals surface area contributed by atoms with E-state index in [1.54, 1.807) is 13.3 Å². The van der Waals surface area contributed by atoms with E-state index in [1.807, 2.05) is 4.68 Å². The van der Waals surface area contributed by atoms with Crippen LogP contribution in [-0.4, -0.2) is 29.5 Å². The Morgan fingerprint density at radius 3 is 2.89 bits per heavy atom. The fraction of sp³-hybridized carbons (Fsp3) is 0.667. The molecule has 1 fully saturated rings. The summed E-state index contributed by atoms with van der Waals surface area (Å²) in [5.74, 6) is 0.859. The Morgan fingerprint density at radius 2 is 2.32 bits per heavy atom. The molecule has 19 heavy (non-hydrogen) atoms. The lowest BCUT2D eigenvalue weighted by atomic mass is 10.1. The molecule has 1 N–H and O–H groups in total. The van der Waals surface area contributed by atoms with Gasteiger partial charge in [0.25, 0.3) is 0 Å². The van der Waals surface area contributed by atoms with Gasteiger partial charge in [0.05, 0.1) is 13.3 Å². The highest BCUT2D eigenvalue weighted by molar-refractivity contribution is 5.66. The highest BCUT2D eigenvalue weighted by Gasteiger charge is 2.19. The average Bonchev–Trinajstić information content (AvgIpc) is 3.10. The van der Waals surface area contributed by atoms with Gasteiger partial charge in [-0.05, 0) is 52.2 Å². The summed E-state index contributed by atoms with van der Waals surface area (Å²) in [6.45, 7) is 7.46. The van der Waals surface area contributed by atoms with Crippen molar-refractivity contribution < 1.29 is 4.74 Å². The lowest BCUT2D eigenvalue weighted by molar-refractivity contribution is 0.410. The van der Waals surface area contributed by atoms with Gasteiger partial charge in [-0.2, -0.15) is 5.10 Å². The van der Waals surface area contributed by atoms with Crippen LogP contribution in [0.25, 0.3) is 5.57 Å². The first-order chi connectivity index (χ1) is 9.13. The minimum absolute atomic E-state index is 0.340. The van der Waals surface area contributed by atoms with E-state index in [-0.39, 0.29) is 0 Å². The molecule has 2 rings (SSSR count). The van der Waals surface area contributed by atoms with Gasteiger partial charge in [0, 0.05) is 12.1 Å². The maximum Gasteiger partial charge on any atom is 0.164 e. The number of nitrogens with zero attached hydrogens (tertiary/aromatic N) is 2. The van der Waals surface area contributed by atoms with E-state index in [1.165, 1.54) is 18.4 Å². The van der Waals surface area contributed by atoms with E-state index in [0.717, 1.165) is 30.5 Å². The summed E-state index contributed by atoms with van der Waals surface area (Å²) in [5, 5.41) is 7.93. The van der Waals surface area contributed by atoms with E-state index < -0.39 is 0 Å². The molecule has 0 amide bonds. The Bertz CT molecular complexity index is 444. The standard InChI is InChI=1S/C15H25N3O/c1-11(2)18-15(14(19-4)10-17-18)12(3)6-5-9-16-13-7-8-13/h6,10-11,13,16H,5,7-9H2,1-4H3. The van der Waals surface area contributed by atoms with Gasteiger partial charge < -0.3 is 10.1 Å². The lowest BCUT2D eigenvalue weighted by Gasteiger charge is -2.12. The molecular weight excluding hydrogens is 238 g/mol. The molecule has 0 aromatic carbocycles. The van der Waals surface area contributed by atoms with Crippen molar-refractivity contribution in [3.05, 3.63) is 18.0 Å². The maximum absolute atomic E-state index is 5.41. The summed E-state index contributed by atoms with van der Waals surface area (Å²) in [6.07, 6.45) is 7.81. The van der Waals surface area contributed by atoms with Gasteiger partial charge in [-0.15, -0.1) is 0 Å². The summed E-state index contributed by atoms with van der Waals surface area (Å²) in [7, 11) is 1.70. The first kappa shape index (κ1) is 14.1. The lowest BCUT2D eigenvalue weighted by Crippen LogP contribution is -2.16. The van der Waals surface area contributed by atoms with Gasteiger partial charge in [-0.1, -0.05) is 6.08 Å². The predicted octanol–water partition coefficient (Wildman–Crippen LogP) is 3.02. The molecule has 0 atom stereocenters. The van der Waals surface area contributed by atoms with Crippen LogP contribution in [0.3, 0.4) is 0 Å². The van der Waals surface area contributed by atoms with Crippen LogP contribution in [0.1, 0.15) is 51.8 Å². The highest BCUT2D eigenvalue weighted by atomic mass is 16.5. The molecule has 0 spiro atoms. The molecule has 106 valence electrons. The largest absolute Gasteiger partial charge is 0.493 e. The number of methoxy groups -OCH3 is 1. The van der Waals surface area contributed by atoms with Crippen LogP contribution in [0.2, 0.25) is 0 Å². The zero-order valence-corrected chi connectivity index (χ0v) is 12.4. The first-order valence-electron chi connectivity index (χ1n) is 7.15. The Hall–Kier alpha value is -1.29. The van der Waals surface area contributed by atoms with E-state index in [2.05, 4.69) is 37.3 Å². The smallest absolute Gasteiger partial charge is 0.164 e. The second kappa shape index (κ2) is 6.24. The minimum Gasteiger partial charge on any atom is -0.493 e. The summed E-state index contributed by atoms with van der Waals surface area (Å²) >= 11 is 0. The molecule has 0 saturated heterocycles. The number of ether oxygens (including phenoxy) is 1. The summed E-state index contributed by atoms with van der Waals surface area (Å²) < 4.78 is 7.44. The topological polar surface area (TPSA) is 39.1 Å². The highest BCUT2D eigenvalue weighted by Crippen LogP contribution is 2.28. The van der Waals surface area contributed by atoms with Crippen molar-refractivity contribution in [3.63, 3.8) is 0 Å². The van der Waals surface area contributed by atoms with Crippen molar-refractivity contribution >= 4 is 5.57 Å². The molecule has 1 aromatic rings. The second-order valence-electron chi connectivity index (χ2n) is 5.50. The SMILES string of the molecule is COc1cnn(C(C)C)c1C(C)=CCCNC1CC1. The predicted molar refractivity (Wildman–Crippen MR) is 78.5 cm³/mol. The summed E-state index contributed by atoms with van der Waals surface area (Å²) in [4.78, 5) is 0. The van der Waals surface area contributed by atoms with Crippen LogP contribution in [0, 0.1) is 0 Å². The first-order valence-corrected chi connectivity index (χ1v) is 7.15. The van der Waals surface area contributed by atoms with Crippen LogP contribution in [-0.2, 0) is 0 Å². The number of rotatable bonds is 7. The Morgan fingerprint density at radius 1 is 1.58 bits per heavy atom. The van der Waals surface area contributed by atoms with Gasteiger partial charge in [0.2, 0.25) is 0 Å². The van der Waals surface area contributed by atoms with E-state index >= 15 is 0 Å². The fourth-order valence-corrected chi connectivity index (χ4v) is 2.22. The summed E-state index contributed by atoms with van der Waals surface area (Å²) in [5.41, 5.74) is 2.34. The maximum atomic E-state index is 5.41. The number of hydrogen-bond donors (Lipinski definition) is 1. The number of hydrogen-bond acceptors (Lipinski definition) is 3. The second-order valence-corrected chi connectivity index (χ2v) is 5.50. The van der Waals surface area contributed by atoms with Crippen molar-refractivity contribution in [3.8, 4) is 5.75 Å². The van der Waals surface area contributed by atoms with Crippen LogP contribution in [0.4, 0.5) is 0 Å². The Kier molecular flexibility index (Phi) is 4.64. The minimum atomic E-state index is 0.340. The van der Waals surface area contributed by atoms with Crippen LogP contribution >= 0.6 is 0 Å². The van der Waals surface area contributed by atoms with Crippen LogP contribution in [0.15, 0.2) is 12.3 Å². The van der Waals surface area contributed by atoms with E-state index in [4.69, 9.17) is 4.74 Å².